The van der Waals surface area contributed by atoms with Gasteiger partial charge in [-0.25, -0.2) is 4.79 Å². The molecule has 1 aliphatic rings. The van der Waals surface area contributed by atoms with E-state index in [0.717, 1.165) is 16.5 Å². The lowest BCUT2D eigenvalue weighted by molar-refractivity contribution is 0.0391. The van der Waals surface area contributed by atoms with E-state index < -0.39 is 0 Å². The van der Waals surface area contributed by atoms with Crippen molar-refractivity contribution in [2.45, 2.75) is 19.9 Å². The van der Waals surface area contributed by atoms with Crippen LogP contribution in [0.1, 0.15) is 25.5 Å². The second-order valence-electron chi connectivity index (χ2n) is 5.43. The lowest BCUT2D eigenvalue weighted by atomic mass is 9.79. The van der Waals surface area contributed by atoms with Crippen molar-refractivity contribution in [3.05, 3.63) is 36.0 Å². The Morgan fingerprint density at radius 1 is 1.32 bits per heavy atom. The van der Waals surface area contributed by atoms with E-state index in [-0.39, 0.29) is 30.0 Å². The van der Waals surface area contributed by atoms with Crippen molar-refractivity contribution in [1.29, 1.82) is 0 Å². The first-order chi connectivity index (χ1) is 8.58. The van der Waals surface area contributed by atoms with Gasteiger partial charge in [0.2, 0.25) is 0 Å². The molecule has 0 radical (unpaired) electrons. The summed E-state index contributed by atoms with van der Waals surface area (Å²) >= 11 is 0. The summed E-state index contributed by atoms with van der Waals surface area (Å²) in [6.07, 6.45) is 1.58. The van der Waals surface area contributed by atoms with E-state index >= 15 is 0 Å². The highest BCUT2D eigenvalue weighted by Gasteiger charge is 2.38. The van der Waals surface area contributed by atoms with E-state index in [9.17, 15) is 4.79 Å². The predicted octanol–water partition coefficient (Wildman–Crippen LogP) is 3.40. The van der Waals surface area contributed by atoms with Gasteiger partial charge < -0.3 is 15.0 Å². The molecule has 1 saturated heterocycles. The maximum atomic E-state index is 11.5. The number of carbonyl (C=O) groups is 1. The van der Waals surface area contributed by atoms with Crippen LogP contribution >= 0.6 is 12.4 Å². The van der Waals surface area contributed by atoms with E-state index in [2.05, 4.69) is 30.2 Å². The van der Waals surface area contributed by atoms with E-state index in [4.69, 9.17) is 4.74 Å². The predicted molar refractivity (Wildman–Crippen MR) is 76.6 cm³/mol. The Balaban J connectivity index is 0.00000133. The third-order valence-electron chi connectivity index (χ3n) is 3.56. The fourth-order valence-corrected chi connectivity index (χ4v) is 2.55. The molecule has 0 saturated carbocycles. The fraction of sp³-hybridized carbons (Fsp3) is 0.357. The molecule has 0 unspecified atom stereocenters. The van der Waals surface area contributed by atoms with Gasteiger partial charge in [0.15, 0.2) is 0 Å². The highest BCUT2D eigenvalue weighted by molar-refractivity contribution is 5.85. The van der Waals surface area contributed by atoms with Crippen molar-refractivity contribution >= 4 is 29.4 Å². The minimum absolute atomic E-state index is 0. The zero-order chi connectivity index (χ0) is 12.8. The number of benzene rings is 1. The molecule has 0 bridgehead atoms. The summed E-state index contributed by atoms with van der Waals surface area (Å²) in [5, 5.41) is 4.08. The van der Waals surface area contributed by atoms with Crippen LogP contribution in [0.5, 0.6) is 0 Å². The lowest BCUT2D eigenvalue weighted by Crippen LogP contribution is -2.46. The number of carbonyl (C=O) groups excluding carboxylic acids is 1. The average molecular weight is 281 g/mol. The van der Waals surface area contributed by atoms with Crippen LogP contribution < -0.4 is 5.32 Å². The monoisotopic (exact) mass is 280 g/mol. The summed E-state index contributed by atoms with van der Waals surface area (Å²) < 4.78 is 5.08. The van der Waals surface area contributed by atoms with Gasteiger partial charge in [0.1, 0.15) is 6.61 Å². The molecule has 19 heavy (non-hydrogen) atoms. The zero-order valence-electron chi connectivity index (χ0n) is 10.9. The van der Waals surface area contributed by atoms with Gasteiger partial charge >= 0.3 is 6.09 Å². The van der Waals surface area contributed by atoms with Gasteiger partial charge in [0, 0.05) is 22.5 Å². The Bertz CT molecular complexity index is 606. The Labute approximate surface area is 117 Å². The molecule has 1 aromatic carbocycles. The molecule has 4 nitrogen and oxygen atoms in total. The zero-order valence-corrected chi connectivity index (χ0v) is 11.7. The summed E-state index contributed by atoms with van der Waals surface area (Å²) in [5.41, 5.74) is 2.10. The van der Waals surface area contributed by atoms with Crippen molar-refractivity contribution in [1.82, 2.24) is 10.3 Å². The Morgan fingerprint density at radius 2 is 2.11 bits per heavy atom. The Hall–Kier alpha value is -1.68. The van der Waals surface area contributed by atoms with Crippen LogP contribution in [0.15, 0.2) is 30.5 Å². The number of alkyl carbamates (subject to hydrolysis) is 1. The summed E-state index contributed by atoms with van der Waals surface area (Å²) in [5.74, 6) is 0. The molecule has 102 valence electrons. The molecule has 3 rings (SSSR count). The van der Waals surface area contributed by atoms with Gasteiger partial charge in [-0.3, -0.25) is 0 Å². The molecule has 1 aromatic heterocycles. The standard InChI is InChI=1S/C14H16N2O2.ClH/c1-14(2)8-18-13(17)16-12(14)10-4-3-5-11-9(10)6-7-15-11;/h3-7,12,15H,8H2,1-2H3,(H,16,17);1H/t12-;/m0./s1. The van der Waals surface area contributed by atoms with Crippen LogP contribution in [-0.4, -0.2) is 17.7 Å². The van der Waals surface area contributed by atoms with E-state index in [1.165, 1.54) is 0 Å². The number of amides is 1. The number of aromatic nitrogens is 1. The van der Waals surface area contributed by atoms with Crippen LogP contribution in [0.2, 0.25) is 0 Å². The number of hydrogen-bond donors (Lipinski definition) is 2. The third kappa shape index (κ3) is 2.28. The number of cyclic esters (lactones) is 1. The highest BCUT2D eigenvalue weighted by Crippen LogP contribution is 2.38. The molecular weight excluding hydrogens is 264 g/mol. The quantitative estimate of drug-likeness (QED) is 0.841. The largest absolute Gasteiger partial charge is 0.449 e. The number of hydrogen-bond acceptors (Lipinski definition) is 2. The molecule has 1 atom stereocenters. The molecular formula is C14H17ClN2O2. The summed E-state index contributed by atoms with van der Waals surface area (Å²) in [6, 6.07) is 8.12. The molecule has 1 amide bonds. The molecule has 1 aliphatic heterocycles. The van der Waals surface area contributed by atoms with Crippen molar-refractivity contribution in [2.75, 3.05) is 6.61 Å². The van der Waals surface area contributed by atoms with E-state index in [1.54, 1.807) is 0 Å². The molecule has 2 heterocycles. The van der Waals surface area contributed by atoms with Crippen molar-refractivity contribution in [3.63, 3.8) is 0 Å². The van der Waals surface area contributed by atoms with Gasteiger partial charge in [-0.15, -0.1) is 12.4 Å². The van der Waals surface area contributed by atoms with Gasteiger partial charge in [-0.1, -0.05) is 26.0 Å². The van der Waals surface area contributed by atoms with Gasteiger partial charge in [-0.05, 0) is 17.7 Å². The summed E-state index contributed by atoms with van der Waals surface area (Å²) in [7, 11) is 0. The maximum absolute atomic E-state index is 11.5. The van der Waals surface area contributed by atoms with E-state index in [0.29, 0.717) is 6.61 Å². The van der Waals surface area contributed by atoms with Crippen LogP contribution in [0.25, 0.3) is 10.9 Å². The van der Waals surface area contributed by atoms with Crippen LogP contribution in [0.4, 0.5) is 4.79 Å². The third-order valence-corrected chi connectivity index (χ3v) is 3.56. The minimum Gasteiger partial charge on any atom is -0.449 e. The normalized spacial score (nSPS) is 21.4. The first-order valence-corrected chi connectivity index (χ1v) is 6.07. The minimum atomic E-state index is -0.341. The molecule has 2 N–H and O–H groups in total. The van der Waals surface area contributed by atoms with Crippen LogP contribution in [-0.2, 0) is 4.74 Å². The first-order valence-electron chi connectivity index (χ1n) is 6.07. The number of rotatable bonds is 1. The van der Waals surface area contributed by atoms with Crippen molar-refractivity contribution in [3.8, 4) is 0 Å². The summed E-state index contributed by atoms with van der Waals surface area (Å²) in [4.78, 5) is 14.7. The number of H-pyrrole nitrogens is 1. The highest BCUT2D eigenvalue weighted by atomic mass is 35.5. The number of aromatic amines is 1. The lowest BCUT2D eigenvalue weighted by Gasteiger charge is -2.38. The van der Waals surface area contributed by atoms with Gasteiger partial charge in [-0.2, -0.15) is 0 Å². The second kappa shape index (κ2) is 4.78. The molecule has 0 spiro atoms. The molecule has 1 fully saturated rings. The maximum Gasteiger partial charge on any atom is 0.407 e. The second-order valence-corrected chi connectivity index (χ2v) is 5.43. The van der Waals surface area contributed by atoms with Crippen molar-refractivity contribution in [2.24, 2.45) is 5.41 Å². The van der Waals surface area contributed by atoms with E-state index in [1.807, 2.05) is 24.4 Å². The number of halogens is 1. The average Bonchev–Trinajstić information content (AvgIpc) is 2.80. The SMILES string of the molecule is CC1(C)COC(=O)N[C@H]1c1cccc2[nH]ccc12.Cl. The molecule has 2 aromatic rings. The van der Waals surface area contributed by atoms with Crippen LogP contribution in [0, 0.1) is 5.41 Å². The number of fused-ring (bicyclic) bond motifs is 1. The Morgan fingerprint density at radius 3 is 2.89 bits per heavy atom. The smallest absolute Gasteiger partial charge is 0.407 e. The fourth-order valence-electron chi connectivity index (χ4n) is 2.55. The van der Waals surface area contributed by atoms with Gasteiger partial charge in [0.05, 0.1) is 6.04 Å². The first kappa shape index (κ1) is 13.7. The molecule has 0 aliphatic carbocycles. The van der Waals surface area contributed by atoms with Crippen molar-refractivity contribution < 1.29 is 9.53 Å². The topological polar surface area (TPSA) is 54.1 Å². The molecule has 5 heteroatoms. The number of ether oxygens (including phenoxy) is 1. The number of nitrogens with one attached hydrogen (secondary N) is 2. The summed E-state index contributed by atoms with van der Waals surface area (Å²) in [6.45, 7) is 4.63. The van der Waals surface area contributed by atoms with Crippen LogP contribution in [0.3, 0.4) is 0 Å². The van der Waals surface area contributed by atoms with Gasteiger partial charge in [0.25, 0.3) is 0 Å². The Kier molecular flexibility index (Phi) is 3.45.